The van der Waals surface area contributed by atoms with Gasteiger partial charge in [0, 0.05) is 6.07 Å². The highest BCUT2D eigenvalue weighted by Crippen LogP contribution is 2.19. The summed E-state index contributed by atoms with van der Waals surface area (Å²) in [5.74, 6) is 0.0174. The van der Waals surface area contributed by atoms with Crippen molar-refractivity contribution in [2.75, 3.05) is 14.2 Å². The van der Waals surface area contributed by atoms with E-state index in [9.17, 15) is 4.79 Å². The highest BCUT2D eigenvalue weighted by atomic mass is 16.5. The lowest BCUT2D eigenvalue weighted by atomic mass is 10.1. The van der Waals surface area contributed by atoms with Crippen LogP contribution in [-0.4, -0.2) is 25.2 Å². The smallest absolute Gasteiger partial charge is 0.340 e. The zero-order valence-electron chi connectivity index (χ0n) is 9.03. The van der Waals surface area contributed by atoms with Crippen LogP contribution in [0.3, 0.4) is 0 Å². The van der Waals surface area contributed by atoms with Crippen LogP contribution in [0.15, 0.2) is 18.7 Å². The predicted octanol–water partition coefficient (Wildman–Crippen LogP) is 1.91. The van der Waals surface area contributed by atoms with Gasteiger partial charge < -0.3 is 9.47 Å². The predicted molar refractivity (Wildman–Crippen MR) is 56.8 cm³/mol. The molecule has 0 aromatic carbocycles. The summed E-state index contributed by atoms with van der Waals surface area (Å²) in [6.07, 6.45) is 0. The molecule has 15 heavy (non-hydrogen) atoms. The topological polar surface area (TPSA) is 48.4 Å². The SMILES string of the molecule is C=C(C)c1nc(OC)ccc1C(=O)OC. The summed E-state index contributed by atoms with van der Waals surface area (Å²) in [6, 6.07) is 3.22. The Morgan fingerprint density at radius 3 is 2.53 bits per heavy atom. The first-order chi connectivity index (χ1) is 7.10. The average molecular weight is 207 g/mol. The number of methoxy groups -OCH3 is 2. The van der Waals surface area contributed by atoms with Gasteiger partial charge in [0.25, 0.3) is 0 Å². The molecule has 0 fully saturated rings. The molecule has 0 unspecified atom stereocenters. The number of ether oxygens (including phenoxy) is 2. The summed E-state index contributed by atoms with van der Waals surface area (Å²) in [6.45, 7) is 5.52. The maximum absolute atomic E-state index is 11.4. The van der Waals surface area contributed by atoms with Crippen molar-refractivity contribution in [3.8, 4) is 5.88 Å². The second kappa shape index (κ2) is 4.59. The van der Waals surface area contributed by atoms with Crippen molar-refractivity contribution >= 4 is 11.5 Å². The van der Waals surface area contributed by atoms with E-state index in [4.69, 9.17) is 4.74 Å². The van der Waals surface area contributed by atoms with E-state index in [1.54, 1.807) is 19.1 Å². The quantitative estimate of drug-likeness (QED) is 0.710. The summed E-state index contributed by atoms with van der Waals surface area (Å²) in [4.78, 5) is 15.5. The van der Waals surface area contributed by atoms with Crippen molar-refractivity contribution in [3.63, 3.8) is 0 Å². The molecular weight excluding hydrogens is 194 g/mol. The standard InChI is InChI=1S/C11H13NO3/c1-7(2)10-8(11(13)15-4)5-6-9(12-10)14-3/h5-6H,1H2,2-4H3. The van der Waals surface area contributed by atoms with Gasteiger partial charge in [-0.15, -0.1) is 0 Å². The Bertz CT molecular complexity index is 399. The fraction of sp³-hybridized carbons (Fsp3) is 0.273. The van der Waals surface area contributed by atoms with E-state index in [2.05, 4.69) is 16.3 Å². The van der Waals surface area contributed by atoms with Gasteiger partial charge in [0.1, 0.15) is 0 Å². The molecule has 1 aromatic rings. The molecule has 1 rings (SSSR count). The maximum atomic E-state index is 11.4. The Labute approximate surface area is 88.5 Å². The lowest BCUT2D eigenvalue weighted by Gasteiger charge is -2.08. The fourth-order valence-electron chi connectivity index (χ4n) is 1.15. The number of aromatic nitrogens is 1. The van der Waals surface area contributed by atoms with Gasteiger partial charge >= 0.3 is 5.97 Å². The maximum Gasteiger partial charge on any atom is 0.340 e. The van der Waals surface area contributed by atoms with Gasteiger partial charge in [-0.3, -0.25) is 0 Å². The summed E-state index contributed by atoms with van der Waals surface area (Å²) in [5, 5.41) is 0. The van der Waals surface area contributed by atoms with Gasteiger partial charge in [0.05, 0.1) is 25.5 Å². The number of hydrogen-bond acceptors (Lipinski definition) is 4. The number of carbonyl (C=O) groups is 1. The number of nitrogens with zero attached hydrogens (tertiary/aromatic N) is 1. The monoisotopic (exact) mass is 207 g/mol. The third kappa shape index (κ3) is 2.34. The van der Waals surface area contributed by atoms with Crippen LogP contribution >= 0.6 is 0 Å². The minimum Gasteiger partial charge on any atom is -0.481 e. The van der Waals surface area contributed by atoms with Gasteiger partial charge in [0.15, 0.2) is 0 Å². The van der Waals surface area contributed by atoms with Gasteiger partial charge in [-0.2, -0.15) is 0 Å². The van der Waals surface area contributed by atoms with Crippen LogP contribution in [-0.2, 0) is 4.74 Å². The van der Waals surface area contributed by atoms with E-state index in [-0.39, 0.29) is 0 Å². The minimum absolute atomic E-state index is 0.394. The summed E-state index contributed by atoms with van der Waals surface area (Å²) in [7, 11) is 2.84. The van der Waals surface area contributed by atoms with Crippen molar-refractivity contribution < 1.29 is 14.3 Å². The van der Waals surface area contributed by atoms with E-state index in [0.29, 0.717) is 22.7 Å². The molecule has 0 saturated heterocycles. The van der Waals surface area contributed by atoms with Crippen LogP contribution < -0.4 is 4.74 Å². The molecule has 0 radical (unpaired) electrons. The van der Waals surface area contributed by atoms with Crippen LogP contribution in [0, 0.1) is 0 Å². The molecule has 4 nitrogen and oxygen atoms in total. The number of rotatable bonds is 3. The van der Waals surface area contributed by atoms with Crippen molar-refractivity contribution in [1.29, 1.82) is 0 Å². The highest BCUT2D eigenvalue weighted by Gasteiger charge is 2.14. The minimum atomic E-state index is -0.428. The molecule has 0 saturated carbocycles. The second-order valence-electron chi connectivity index (χ2n) is 3.02. The lowest BCUT2D eigenvalue weighted by molar-refractivity contribution is 0.0600. The van der Waals surface area contributed by atoms with Gasteiger partial charge in [0.2, 0.25) is 5.88 Å². The fourth-order valence-corrected chi connectivity index (χ4v) is 1.15. The number of esters is 1. The van der Waals surface area contributed by atoms with E-state index < -0.39 is 5.97 Å². The van der Waals surface area contributed by atoms with Crippen molar-refractivity contribution in [3.05, 3.63) is 30.0 Å². The Morgan fingerprint density at radius 2 is 2.07 bits per heavy atom. The normalized spacial score (nSPS) is 9.53. The van der Waals surface area contributed by atoms with E-state index >= 15 is 0 Å². The van der Waals surface area contributed by atoms with Crippen molar-refractivity contribution in [2.24, 2.45) is 0 Å². The van der Waals surface area contributed by atoms with E-state index in [0.717, 1.165) is 0 Å². The molecule has 4 heteroatoms. The average Bonchev–Trinajstić information content (AvgIpc) is 2.27. The molecule has 0 atom stereocenters. The molecule has 0 amide bonds. The first-order valence-corrected chi connectivity index (χ1v) is 4.39. The van der Waals surface area contributed by atoms with Gasteiger partial charge in [-0.1, -0.05) is 6.58 Å². The Balaban J connectivity index is 3.27. The van der Waals surface area contributed by atoms with Crippen molar-refractivity contribution in [1.82, 2.24) is 4.98 Å². The highest BCUT2D eigenvalue weighted by molar-refractivity contribution is 5.94. The molecule has 0 spiro atoms. The Hall–Kier alpha value is -1.84. The number of allylic oxidation sites excluding steroid dienone is 1. The number of pyridine rings is 1. The van der Waals surface area contributed by atoms with Crippen LogP contribution in [0.5, 0.6) is 5.88 Å². The molecule has 0 aliphatic carbocycles. The largest absolute Gasteiger partial charge is 0.481 e. The van der Waals surface area contributed by atoms with E-state index in [1.165, 1.54) is 14.2 Å². The molecular formula is C11H13NO3. The molecule has 0 aliphatic heterocycles. The first-order valence-electron chi connectivity index (χ1n) is 4.39. The summed E-state index contributed by atoms with van der Waals surface area (Å²) < 4.78 is 9.61. The number of carbonyl (C=O) groups excluding carboxylic acids is 1. The van der Waals surface area contributed by atoms with Crippen LogP contribution in [0.1, 0.15) is 23.0 Å². The second-order valence-corrected chi connectivity index (χ2v) is 3.02. The molecule has 0 aliphatic rings. The summed E-state index contributed by atoms with van der Waals surface area (Å²) >= 11 is 0. The first kappa shape index (κ1) is 11.2. The number of hydrogen-bond donors (Lipinski definition) is 0. The van der Waals surface area contributed by atoms with Crippen LogP contribution in [0.25, 0.3) is 5.57 Å². The molecule has 1 heterocycles. The van der Waals surface area contributed by atoms with Crippen molar-refractivity contribution in [2.45, 2.75) is 6.92 Å². The molecule has 0 N–H and O–H groups in total. The van der Waals surface area contributed by atoms with Crippen LogP contribution in [0.4, 0.5) is 0 Å². The molecule has 1 aromatic heterocycles. The van der Waals surface area contributed by atoms with E-state index in [1.807, 2.05) is 0 Å². The zero-order valence-corrected chi connectivity index (χ0v) is 9.03. The lowest BCUT2D eigenvalue weighted by Crippen LogP contribution is -2.07. The molecule has 80 valence electrons. The Morgan fingerprint density at radius 1 is 1.40 bits per heavy atom. The Kier molecular flexibility index (Phi) is 3.44. The summed E-state index contributed by atoms with van der Waals surface area (Å²) in [5.41, 5.74) is 1.58. The van der Waals surface area contributed by atoms with Gasteiger partial charge in [-0.05, 0) is 18.6 Å². The van der Waals surface area contributed by atoms with Crippen LogP contribution in [0.2, 0.25) is 0 Å². The zero-order chi connectivity index (χ0) is 11.4. The molecule has 0 bridgehead atoms. The van der Waals surface area contributed by atoms with Gasteiger partial charge in [-0.25, -0.2) is 9.78 Å². The third-order valence-electron chi connectivity index (χ3n) is 1.89. The third-order valence-corrected chi connectivity index (χ3v) is 1.89.